The molecule has 0 saturated heterocycles. The summed E-state index contributed by atoms with van der Waals surface area (Å²) in [5.74, 6) is 0.228. The van der Waals surface area contributed by atoms with Crippen LogP contribution in [0.15, 0.2) is 34.9 Å². The SMILES string of the molecule is Cc1ccc(C(C)(O)CNC(=O)c2ncccc2OCC(F)F)o1. The summed E-state index contributed by atoms with van der Waals surface area (Å²) in [6.07, 6.45) is -1.32. The molecular formula is C16H18F2N2O4. The molecule has 1 atom stereocenters. The number of carbonyl (C=O) groups is 1. The average Bonchev–Trinajstić information content (AvgIpc) is 2.98. The molecule has 2 N–H and O–H groups in total. The van der Waals surface area contributed by atoms with E-state index in [1.54, 1.807) is 19.1 Å². The number of furan rings is 1. The molecule has 0 aliphatic rings. The largest absolute Gasteiger partial charge is 0.485 e. The molecule has 24 heavy (non-hydrogen) atoms. The average molecular weight is 340 g/mol. The van der Waals surface area contributed by atoms with Crippen molar-refractivity contribution in [2.75, 3.05) is 13.2 Å². The minimum absolute atomic E-state index is 0.0521. The molecule has 0 saturated carbocycles. The van der Waals surface area contributed by atoms with Crippen LogP contribution in [0.3, 0.4) is 0 Å². The molecule has 8 heteroatoms. The predicted molar refractivity (Wildman–Crippen MR) is 81.1 cm³/mol. The standard InChI is InChI=1S/C16H18F2N2O4/c1-10-5-6-12(24-10)16(2,22)9-20-15(21)14-11(4-3-7-19-14)23-8-13(17)18/h3-7,13,22H,8-9H2,1-2H3,(H,20,21). The first kappa shape index (κ1) is 17.9. The highest BCUT2D eigenvalue weighted by Gasteiger charge is 2.28. The maximum absolute atomic E-state index is 12.3. The molecule has 1 unspecified atom stereocenters. The summed E-state index contributed by atoms with van der Waals surface area (Å²) in [5, 5.41) is 12.9. The fourth-order valence-electron chi connectivity index (χ4n) is 1.98. The number of rotatable bonds is 7. The van der Waals surface area contributed by atoms with E-state index in [-0.39, 0.29) is 18.0 Å². The lowest BCUT2D eigenvalue weighted by molar-refractivity contribution is 0.0321. The quantitative estimate of drug-likeness (QED) is 0.808. The van der Waals surface area contributed by atoms with Crippen molar-refractivity contribution in [1.82, 2.24) is 10.3 Å². The molecule has 0 aliphatic carbocycles. The number of alkyl halides is 2. The number of ether oxygens (including phenoxy) is 1. The number of aromatic nitrogens is 1. The van der Waals surface area contributed by atoms with E-state index in [9.17, 15) is 18.7 Å². The van der Waals surface area contributed by atoms with Gasteiger partial charge in [-0.25, -0.2) is 13.8 Å². The first-order chi connectivity index (χ1) is 11.3. The van der Waals surface area contributed by atoms with Crippen LogP contribution in [-0.2, 0) is 5.60 Å². The van der Waals surface area contributed by atoms with Crippen molar-refractivity contribution in [3.63, 3.8) is 0 Å². The second-order valence-electron chi connectivity index (χ2n) is 5.42. The summed E-state index contributed by atoms with van der Waals surface area (Å²) in [6.45, 7) is 2.23. The number of nitrogens with zero attached hydrogens (tertiary/aromatic N) is 1. The van der Waals surface area contributed by atoms with Crippen molar-refractivity contribution in [3.05, 3.63) is 47.7 Å². The van der Waals surface area contributed by atoms with E-state index in [0.717, 1.165) is 0 Å². The summed E-state index contributed by atoms with van der Waals surface area (Å²) >= 11 is 0. The highest BCUT2D eigenvalue weighted by atomic mass is 19.3. The van der Waals surface area contributed by atoms with Gasteiger partial charge >= 0.3 is 0 Å². The minimum Gasteiger partial charge on any atom is -0.485 e. The van der Waals surface area contributed by atoms with Crippen molar-refractivity contribution in [1.29, 1.82) is 0 Å². The Morgan fingerprint density at radius 3 is 2.83 bits per heavy atom. The number of halogens is 2. The lowest BCUT2D eigenvalue weighted by atomic mass is 10.0. The molecule has 0 bridgehead atoms. The zero-order chi connectivity index (χ0) is 17.7. The van der Waals surface area contributed by atoms with Gasteiger partial charge in [0.2, 0.25) is 0 Å². The number of pyridine rings is 1. The van der Waals surface area contributed by atoms with Crippen molar-refractivity contribution in [3.8, 4) is 5.75 Å². The van der Waals surface area contributed by atoms with Gasteiger partial charge in [-0.05, 0) is 38.1 Å². The molecule has 1 amide bonds. The van der Waals surface area contributed by atoms with Crippen molar-refractivity contribution in [2.24, 2.45) is 0 Å². The van der Waals surface area contributed by atoms with Gasteiger partial charge in [0.1, 0.15) is 23.7 Å². The van der Waals surface area contributed by atoms with Gasteiger partial charge in [0.05, 0.1) is 6.54 Å². The monoisotopic (exact) mass is 340 g/mol. The van der Waals surface area contributed by atoms with Crippen LogP contribution in [-0.4, -0.2) is 35.6 Å². The van der Waals surface area contributed by atoms with E-state index in [0.29, 0.717) is 11.5 Å². The minimum atomic E-state index is -2.66. The number of hydrogen-bond donors (Lipinski definition) is 2. The Hall–Kier alpha value is -2.48. The fraction of sp³-hybridized carbons (Fsp3) is 0.375. The summed E-state index contributed by atoms with van der Waals surface area (Å²) in [5.41, 5.74) is -1.56. The Morgan fingerprint density at radius 2 is 2.21 bits per heavy atom. The molecule has 0 aliphatic heterocycles. The third kappa shape index (κ3) is 4.51. The van der Waals surface area contributed by atoms with Gasteiger partial charge < -0.3 is 19.6 Å². The zero-order valence-electron chi connectivity index (χ0n) is 13.3. The number of amides is 1. The van der Waals surface area contributed by atoms with Gasteiger partial charge in [0.15, 0.2) is 11.4 Å². The van der Waals surface area contributed by atoms with E-state index in [2.05, 4.69) is 10.3 Å². The summed E-state index contributed by atoms with van der Waals surface area (Å²) < 4.78 is 34.8. The van der Waals surface area contributed by atoms with Crippen LogP contribution in [0.25, 0.3) is 0 Å². The molecule has 0 aromatic carbocycles. The number of carbonyl (C=O) groups excluding carboxylic acids is 1. The van der Waals surface area contributed by atoms with E-state index in [1.807, 2.05) is 0 Å². The summed E-state index contributed by atoms with van der Waals surface area (Å²) in [7, 11) is 0. The maximum atomic E-state index is 12.3. The molecule has 0 radical (unpaired) electrons. The summed E-state index contributed by atoms with van der Waals surface area (Å²) in [4.78, 5) is 16.1. The summed E-state index contributed by atoms with van der Waals surface area (Å²) in [6, 6.07) is 6.15. The van der Waals surface area contributed by atoms with Crippen LogP contribution < -0.4 is 10.1 Å². The lowest BCUT2D eigenvalue weighted by Gasteiger charge is -2.21. The first-order valence-corrected chi connectivity index (χ1v) is 7.23. The Balaban J connectivity index is 2.04. The highest BCUT2D eigenvalue weighted by Crippen LogP contribution is 2.22. The third-order valence-corrected chi connectivity index (χ3v) is 3.21. The molecule has 6 nitrogen and oxygen atoms in total. The second-order valence-corrected chi connectivity index (χ2v) is 5.42. The molecule has 0 fully saturated rings. The van der Waals surface area contributed by atoms with Gasteiger partial charge in [0, 0.05) is 6.20 Å². The van der Waals surface area contributed by atoms with Gasteiger partial charge in [-0.2, -0.15) is 0 Å². The first-order valence-electron chi connectivity index (χ1n) is 7.23. The van der Waals surface area contributed by atoms with Crippen LogP contribution in [0.4, 0.5) is 8.78 Å². The van der Waals surface area contributed by atoms with Crippen LogP contribution in [0.1, 0.15) is 28.9 Å². The molecule has 2 rings (SSSR count). The second kappa shape index (κ2) is 7.39. The van der Waals surface area contributed by atoms with Crippen molar-refractivity contribution < 1.29 is 27.8 Å². The fourth-order valence-corrected chi connectivity index (χ4v) is 1.98. The van der Waals surface area contributed by atoms with Gasteiger partial charge in [0.25, 0.3) is 12.3 Å². The van der Waals surface area contributed by atoms with Crippen molar-refractivity contribution in [2.45, 2.75) is 25.9 Å². The third-order valence-electron chi connectivity index (χ3n) is 3.21. The maximum Gasteiger partial charge on any atom is 0.273 e. The zero-order valence-corrected chi connectivity index (χ0v) is 13.3. The van der Waals surface area contributed by atoms with E-state index in [4.69, 9.17) is 9.15 Å². The van der Waals surface area contributed by atoms with Crippen LogP contribution in [0.5, 0.6) is 5.75 Å². The Labute approximate surface area is 137 Å². The smallest absolute Gasteiger partial charge is 0.273 e. The Morgan fingerprint density at radius 1 is 1.46 bits per heavy atom. The number of hydrogen-bond acceptors (Lipinski definition) is 5. The Kier molecular flexibility index (Phi) is 5.50. The molecule has 2 aromatic rings. The lowest BCUT2D eigenvalue weighted by Crippen LogP contribution is -2.38. The topological polar surface area (TPSA) is 84.6 Å². The Bertz CT molecular complexity index is 701. The van der Waals surface area contributed by atoms with Gasteiger partial charge in [-0.3, -0.25) is 4.79 Å². The predicted octanol–water partition coefficient (Wildman–Crippen LogP) is 2.26. The van der Waals surface area contributed by atoms with E-state index >= 15 is 0 Å². The normalized spacial score (nSPS) is 13.6. The molecule has 2 aromatic heterocycles. The molecular weight excluding hydrogens is 322 g/mol. The molecule has 130 valence electrons. The van der Waals surface area contributed by atoms with Crippen LogP contribution >= 0.6 is 0 Å². The van der Waals surface area contributed by atoms with Crippen molar-refractivity contribution >= 4 is 5.91 Å². The van der Waals surface area contributed by atoms with Gasteiger partial charge in [-0.1, -0.05) is 0 Å². The van der Waals surface area contributed by atoms with E-state index < -0.39 is 24.5 Å². The van der Waals surface area contributed by atoms with E-state index in [1.165, 1.54) is 25.3 Å². The highest BCUT2D eigenvalue weighted by molar-refractivity contribution is 5.94. The number of nitrogens with one attached hydrogen (secondary N) is 1. The van der Waals surface area contributed by atoms with Crippen LogP contribution in [0.2, 0.25) is 0 Å². The molecule has 2 heterocycles. The number of aliphatic hydroxyl groups is 1. The molecule has 0 spiro atoms. The van der Waals surface area contributed by atoms with Gasteiger partial charge in [-0.15, -0.1) is 0 Å². The number of aryl methyl sites for hydroxylation is 1. The van der Waals surface area contributed by atoms with Crippen LogP contribution in [0, 0.1) is 6.92 Å².